The summed E-state index contributed by atoms with van der Waals surface area (Å²) in [6.45, 7) is 3.18. The molecule has 3 aromatic rings. The Bertz CT molecular complexity index is 1240. The third kappa shape index (κ3) is 4.13. The van der Waals surface area contributed by atoms with Gasteiger partial charge in [0, 0.05) is 27.8 Å². The van der Waals surface area contributed by atoms with Crippen LogP contribution in [0.2, 0.25) is 5.02 Å². The van der Waals surface area contributed by atoms with E-state index in [0.29, 0.717) is 27.8 Å². The molecule has 0 saturated carbocycles. The van der Waals surface area contributed by atoms with E-state index in [0.717, 1.165) is 0 Å². The van der Waals surface area contributed by atoms with E-state index >= 15 is 0 Å². The summed E-state index contributed by atoms with van der Waals surface area (Å²) in [5, 5.41) is 6.08. The number of carbonyl (C=O) groups is 3. The third-order valence-corrected chi connectivity index (χ3v) is 5.88. The van der Waals surface area contributed by atoms with Gasteiger partial charge in [0.1, 0.15) is 5.57 Å². The fraction of sp³-hybridized carbons (Fsp3) is 0.115. The molecule has 1 aliphatic heterocycles. The minimum absolute atomic E-state index is 0.0699. The van der Waals surface area contributed by atoms with Crippen LogP contribution in [0.4, 0.5) is 17.1 Å². The first-order valence-electron chi connectivity index (χ1n) is 10.4. The van der Waals surface area contributed by atoms with Gasteiger partial charge in [-0.3, -0.25) is 14.4 Å². The number of hydrogen-bond acceptors (Lipinski definition) is 4. The standard InChI is InChI=1S/C26H22ClN3O3/c1-17-22(24(32)28-19-9-5-3-6-10-19)23(31)26(2,25(33)29-20-11-7-4-8-12-20)30(17)21-15-13-18(27)14-16-21/h3-16H,1-2H3,(H,28,32)(H,29,33). The number of ketones is 1. The number of rotatable bonds is 5. The molecule has 4 rings (SSSR count). The molecule has 2 amide bonds. The number of allylic oxidation sites excluding steroid dienone is 1. The fourth-order valence-electron chi connectivity index (χ4n) is 3.96. The first kappa shape index (κ1) is 22.3. The topological polar surface area (TPSA) is 78.5 Å². The lowest BCUT2D eigenvalue weighted by Crippen LogP contribution is -2.56. The van der Waals surface area contributed by atoms with E-state index in [4.69, 9.17) is 11.6 Å². The number of anilines is 3. The number of benzene rings is 3. The number of carbonyl (C=O) groups excluding carboxylic acids is 3. The average molecular weight is 460 g/mol. The van der Waals surface area contributed by atoms with E-state index < -0.39 is 23.1 Å². The van der Waals surface area contributed by atoms with Crippen molar-refractivity contribution in [2.75, 3.05) is 15.5 Å². The van der Waals surface area contributed by atoms with Crippen LogP contribution in [0.3, 0.4) is 0 Å². The molecule has 2 N–H and O–H groups in total. The molecule has 0 spiro atoms. The predicted octanol–water partition coefficient (Wildman–Crippen LogP) is 5.04. The zero-order chi connectivity index (χ0) is 23.6. The monoisotopic (exact) mass is 459 g/mol. The van der Waals surface area contributed by atoms with E-state index in [1.807, 2.05) is 12.1 Å². The molecule has 7 heteroatoms. The molecule has 166 valence electrons. The molecule has 0 aliphatic carbocycles. The van der Waals surface area contributed by atoms with Crippen LogP contribution >= 0.6 is 11.6 Å². The van der Waals surface area contributed by atoms with Crippen molar-refractivity contribution in [1.29, 1.82) is 0 Å². The quantitative estimate of drug-likeness (QED) is 0.414. The van der Waals surface area contributed by atoms with Crippen molar-refractivity contribution in [2.24, 2.45) is 0 Å². The second-order valence-corrected chi connectivity index (χ2v) is 8.25. The lowest BCUT2D eigenvalue weighted by atomic mass is 9.91. The van der Waals surface area contributed by atoms with Crippen molar-refractivity contribution in [2.45, 2.75) is 19.4 Å². The van der Waals surface area contributed by atoms with Gasteiger partial charge in [0.2, 0.25) is 5.78 Å². The van der Waals surface area contributed by atoms with Crippen molar-refractivity contribution in [3.8, 4) is 0 Å². The number of nitrogens with zero attached hydrogens (tertiary/aromatic N) is 1. The summed E-state index contributed by atoms with van der Waals surface area (Å²) in [5.74, 6) is -1.70. The van der Waals surface area contributed by atoms with Crippen LogP contribution in [0.1, 0.15) is 13.8 Å². The zero-order valence-corrected chi connectivity index (χ0v) is 18.9. The Labute approximate surface area is 196 Å². The Morgan fingerprint density at radius 3 is 1.88 bits per heavy atom. The first-order valence-corrected chi connectivity index (χ1v) is 10.7. The maximum absolute atomic E-state index is 13.7. The Kier molecular flexibility index (Phi) is 6.03. The van der Waals surface area contributed by atoms with Crippen LogP contribution in [-0.2, 0) is 14.4 Å². The second kappa shape index (κ2) is 8.92. The molecule has 0 aromatic heterocycles. The number of para-hydroxylation sites is 2. The van der Waals surface area contributed by atoms with Crippen LogP contribution in [-0.4, -0.2) is 23.1 Å². The largest absolute Gasteiger partial charge is 0.324 e. The van der Waals surface area contributed by atoms with Crippen molar-refractivity contribution in [3.63, 3.8) is 0 Å². The van der Waals surface area contributed by atoms with Gasteiger partial charge in [-0.2, -0.15) is 0 Å². The highest BCUT2D eigenvalue weighted by molar-refractivity contribution is 6.36. The van der Waals surface area contributed by atoms with Crippen molar-refractivity contribution in [1.82, 2.24) is 0 Å². The first-order chi connectivity index (χ1) is 15.8. The summed E-state index contributed by atoms with van der Waals surface area (Å²) in [6.07, 6.45) is 0. The molecule has 0 radical (unpaired) electrons. The van der Waals surface area contributed by atoms with Gasteiger partial charge in [-0.15, -0.1) is 0 Å². The highest BCUT2D eigenvalue weighted by atomic mass is 35.5. The van der Waals surface area contributed by atoms with E-state index in [9.17, 15) is 14.4 Å². The van der Waals surface area contributed by atoms with Gasteiger partial charge in [-0.05, 0) is 62.4 Å². The van der Waals surface area contributed by atoms with Gasteiger partial charge in [0.25, 0.3) is 11.8 Å². The Hall–Kier alpha value is -3.90. The summed E-state index contributed by atoms with van der Waals surface area (Å²) in [6, 6.07) is 24.5. The molecule has 0 saturated heterocycles. The van der Waals surface area contributed by atoms with Crippen LogP contribution < -0.4 is 15.5 Å². The summed E-state index contributed by atoms with van der Waals surface area (Å²) in [7, 11) is 0. The van der Waals surface area contributed by atoms with Gasteiger partial charge < -0.3 is 15.5 Å². The Balaban J connectivity index is 1.76. The van der Waals surface area contributed by atoms with Crippen molar-refractivity contribution < 1.29 is 14.4 Å². The van der Waals surface area contributed by atoms with Crippen LogP contribution in [0, 0.1) is 0 Å². The molecular formula is C26H22ClN3O3. The Morgan fingerprint density at radius 1 is 0.818 bits per heavy atom. The van der Waals surface area contributed by atoms with Crippen molar-refractivity contribution >= 4 is 46.3 Å². The van der Waals surface area contributed by atoms with Gasteiger partial charge in [0.15, 0.2) is 5.54 Å². The number of Topliss-reactive ketones (excluding diaryl/α,β-unsaturated/α-hetero) is 1. The van der Waals surface area contributed by atoms with Gasteiger partial charge in [-0.1, -0.05) is 48.0 Å². The van der Waals surface area contributed by atoms with Crippen LogP contribution in [0.5, 0.6) is 0 Å². The van der Waals surface area contributed by atoms with Gasteiger partial charge >= 0.3 is 0 Å². The van der Waals surface area contributed by atoms with Gasteiger partial charge in [-0.25, -0.2) is 0 Å². The van der Waals surface area contributed by atoms with E-state index in [1.54, 1.807) is 84.6 Å². The molecule has 3 aromatic carbocycles. The molecule has 1 aliphatic rings. The molecular weight excluding hydrogens is 438 g/mol. The highest BCUT2D eigenvalue weighted by Crippen LogP contribution is 2.40. The number of nitrogens with one attached hydrogen (secondary N) is 2. The highest BCUT2D eigenvalue weighted by Gasteiger charge is 2.55. The summed E-state index contributed by atoms with van der Waals surface area (Å²) >= 11 is 6.05. The predicted molar refractivity (Wildman–Crippen MR) is 130 cm³/mol. The van der Waals surface area contributed by atoms with Gasteiger partial charge in [0.05, 0.1) is 0 Å². The lowest BCUT2D eigenvalue weighted by molar-refractivity contribution is -0.129. The summed E-state index contributed by atoms with van der Waals surface area (Å²) < 4.78 is 0. The minimum Gasteiger partial charge on any atom is -0.324 e. The minimum atomic E-state index is -1.68. The molecule has 1 heterocycles. The summed E-state index contributed by atoms with van der Waals surface area (Å²) in [5.41, 5.74) is 0.291. The molecule has 1 atom stereocenters. The molecule has 6 nitrogen and oxygen atoms in total. The lowest BCUT2D eigenvalue weighted by Gasteiger charge is -2.35. The number of halogens is 1. The number of hydrogen-bond donors (Lipinski definition) is 2. The van der Waals surface area contributed by atoms with E-state index in [2.05, 4.69) is 10.6 Å². The average Bonchev–Trinajstić information content (AvgIpc) is 3.02. The summed E-state index contributed by atoms with van der Waals surface area (Å²) in [4.78, 5) is 42.0. The maximum Gasteiger partial charge on any atom is 0.261 e. The molecule has 33 heavy (non-hydrogen) atoms. The second-order valence-electron chi connectivity index (χ2n) is 7.81. The smallest absolute Gasteiger partial charge is 0.261 e. The number of amides is 2. The molecule has 0 fully saturated rings. The third-order valence-electron chi connectivity index (χ3n) is 5.63. The van der Waals surface area contributed by atoms with E-state index in [1.165, 1.54) is 6.92 Å². The fourth-order valence-corrected chi connectivity index (χ4v) is 4.09. The molecule has 0 bridgehead atoms. The Morgan fingerprint density at radius 2 is 1.33 bits per heavy atom. The van der Waals surface area contributed by atoms with Crippen LogP contribution in [0.25, 0.3) is 0 Å². The SMILES string of the molecule is CC1=C(C(=O)Nc2ccccc2)C(=O)C(C)(C(=O)Nc2ccccc2)N1c1ccc(Cl)cc1. The zero-order valence-electron chi connectivity index (χ0n) is 18.1. The van der Waals surface area contributed by atoms with Crippen LogP contribution in [0.15, 0.2) is 96.2 Å². The van der Waals surface area contributed by atoms with Crippen molar-refractivity contribution in [3.05, 3.63) is 101 Å². The maximum atomic E-state index is 13.7. The molecule has 1 unspecified atom stereocenters. The normalized spacial score (nSPS) is 17.8. The van der Waals surface area contributed by atoms with E-state index in [-0.39, 0.29) is 5.57 Å².